The predicted octanol–water partition coefficient (Wildman–Crippen LogP) is 4.91. The molecule has 0 spiro atoms. The summed E-state index contributed by atoms with van der Waals surface area (Å²) < 4.78 is 26.9. The molecular formula is C19H19F2NO2. The lowest BCUT2D eigenvalue weighted by Crippen LogP contribution is -2.40. The van der Waals surface area contributed by atoms with E-state index >= 15 is 0 Å². The summed E-state index contributed by atoms with van der Waals surface area (Å²) in [6.07, 6.45) is 0.565. The number of hydrogen-bond acceptors (Lipinski definition) is 1. The van der Waals surface area contributed by atoms with Gasteiger partial charge in [0.15, 0.2) is 0 Å². The minimum atomic E-state index is -1.06. The molecule has 0 bridgehead atoms. The Kier molecular flexibility index (Phi) is 4.03. The maximum absolute atomic E-state index is 13.4. The number of carbonyl (C=O) groups is 1. The number of benzene rings is 2. The first kappa shape index (κ1) is 16.4. The van der Waals surface area contributed by atoms with Gasteiger partial charge in [0.05, 0.1) is 6.04 Å². The number of hydrogen-bond donors (Lipinski definition) is 2. The Bertz CT molecular complexity index is 782. The van der Waals surface area contributed by atoms with Gasteiger partial charge in [-0.2, -0.15) is 0 Å². The summed E-state index contributed by atoms with van der Waals surface area (Å²) >= 11 is 0. The molecule has 1 aliphatic rings. The standard InChI is InChI=1S/C19H19F2NO2/c1-19(2)6-5-12-7-11(13-8-14(20)10-15(21)9-13)3-4-16(12)17(19)22-18(23)24/h3-4,7-10,17,22H,5-6H2,1-2H3,(H,23,24). The number of carboxylic acid groups (broad SMARTS) is 1. The van der Waals surface area contributed by atoms with Gasteiger partial charge in [-0.3, -0.25) is 0 Å². The predicted molar refractivity (Wildman–Crippen MR) is 87.8 cm³/mol. The summed E-state index contributed by atoms with van der Waals surface area (Å²) in [5.74, 6) is -1.23. The van der Waals surface area contributed by atoms with Crippen molar-refractivity contribution >= 4 is 6.09 Å². The van der Waals surface area contributed by atoms with Gasteiger partial charge < -0.3 is 10.4 Å². The van der Waals surface area contributed by atoms with Gasteiger partial charge in [-0.25, -0.2) is 13.6 Å². The Morgan fingerprint density at radius 2 is 1.79 bits per heavy atom. The molecule has 5 heteroatoms. The minimum absolute atomic E-state index is 0.197. The first-order valence-corrected chi connectivity index (χ1v) is 7.85. The van der Waals surface area contributed by atoms with Crippen molar-refractivity contribution < 1.29 is 18.7 Å². The van der Waals surface area contributed by atoms with Crippen molar-refractivity contribution in [3.05, 3.63) is 59.2 Å². The molecule has 3 nitrogen and oxygen atoms in total. The Morgan fingerprint density at radius 1 is 1.12 bits per heavy atom. The molecule has 0 fully saturated rings. The summed E-state index contributed by atoms with van der Waals surface area (Å²) in [5.41, 5.74) is 2.94. The van der Waals surface area contributed by atoms with E-state index in [1.54, 1.807) is 6.07 Å². The second-order valence-electron chi connectivity index (χ2n) is 6.94. The molecule has 0 saturated carbocycles. The summed E-state index contributed by atoms with van der Waals surface area (Å²) in [6, 6.07) is 8.67. The third-order valence-corrected chi connectivity index (χ3v) is 4.74. The van der Waals surface area contributed by atoms with Gasteiger partial charge >= 0.3 is 6.09 Å². The zero-order chi connectivity index (χ0) is 17.5. The Hall–Kier alpha value is -2.43. The number of fused-ring (bicyclic) bond motifs is 1. The highest BCUT2D eigenvalue weighted by molar-refractivity contribution is 5.68. The van der Waals surface area contributed by atoms with E-state index in [0.29, 0.717) is 5.56 Å². The highest BCUT2D eigenvalue weighted by Gasteiger charge is 2.37. The largest absolute Gasteiger partial charge is 0.465 e. The Labute approximate surface area is 139 Å². The van der Waals surface area contributed by atoms with E-state index < -0.39 is 17.7 Å². The van der Waals surface area contributed by atoms with Crippen LogP contribution >= 0.6 is 0 Å². The van der Waals surface area contributed by atoms with E-state index in [1.165, 1.54) is 12.1 Å². The summed E-state index contributed by atoms with van der Waals surface area (Å²) in [5, 5.41) is 11.7. The molecule has 126 valence electrons. The molecular weight excluding hydrogens is 312 g/mol. The molecule has 0 saturated heterocycles. The fraction of sp³-hybridized carbons (Fsp3) is 0.316. The maximum Gasteiger partial charge on any atom is 0.405 e. The van der Waals surface area contributed by atoms with Crippen LogP contribution in [-0.4, -0.2) is 11.2 Å². The van der Waals surface area contributed by atoms with Crippen LogP contribution in [0.5, 0.6) is 0 Å². The van der Waals surface area contributed by atoms with Crippen LogP contribution in [0.2, 0.25) is 0 Å². The van der Waals surface area contributed by atoms with Crippen LogP contribution in [0, 0.1) is 17.0 Å². The Morgan fingerprint density at radius 3 is 2.42 bits per heavy atom. The summed E-state index contributed by atoms with van der Waals surface area (Å²) in [7, 11) is 0. The first-order chi connectivity index (χ1) is 11.3. The Balaban J connectivity index is 2.04. The van der Waals surface area contributed by atoms with Gasteiger partial charge in [-0.05, 0) is 52.6 Å². The van der Waals surface area contributed by atoms with Crippen LogP contribution in [0.3, 0.4) is 0 Å². The van der Waals surface area contributed by atoms with E-state index in [4.69, 9.17) is 5.11 Å². The van der Waals surface area contributed by atoms with Crippen molar-refractivity contribution in [2.75, 3.05) is 0 Å². The van der Waals surface area contributed by atoms with Gasteiger partial charge in [0.1, 0.15) is 11.6 Å². The SMILES string of the molecule is CC1(C)CCc2cc(-c3cc(F)cc(F)c3)ccc2C1NC(=O)O. The van der Waals surface area contributed by atoms with Crippen LogP contribution in [0.15, 0.2) is 36.4 Å². The highest BCUT2D eigenvalue weighted by Crippen LogP contribution is 2.44. The third kappa shape index (κ3) is 3.11. The minimum Gasteiger partial charge on any atom is -0.465 e. The molecule has 3 rings (SSSR count). The zero-order valence-electron chi connectivity index (χ0n) is 13.6. The maximum atomic E-state index is 13.4. The smallest absolute Gasteiger partial charge is 0.405 e. The average Bonchev–Trinajstić information content (AvgIpc) is 2.48. The molecule has 2 aromatic rings. The second kappa shape index (κ2) is 5.89. The lowest BCUT2D eigenvalue weighted by atomic mass is 9.70. The highest BCUT2D eigenvalue weighted by atomic mass is 19.1. The van der Waals surface area contributed by atoms with Crippen molar-refractivity contribution in [1.82, 2.24) is 5.32 Å². The molecule has 1 atom stereocenters. The van der Waals surface area contributed by atoms with E-state index in [9.17, 15) is 13.6 Å². The van der Waals surface area contributed by atoms with E-state index in [1.807, 2.05) is 26.0 Å². The van der Waals surface area contributed by atoms with Crippen molar-refractivity contribution in [3.8, 4) is 11.1 Å². The number of aryl methyl sites for hydroxylation is 1. The summed E-state index contributed by atoms with van der Waals surface area (Å²) in [6.45, 7) is 4.07. The quantitative estimate of drug-likeness (QED) is 0.821. The van der Waals surface area contributed by atoms with Crippen LogP contribution < -0.4 is 5.32 Å². The number of halogens is 2. The molecule has 2 N–H and O–H groups in total. The molecule has 1 unspecified atom stereocenters. The van der Waals surface area contributed by atoms with Crippen LogP contribution in [0.25, 0.3) is 11.1 Å². The van der Waals surface area contributed by atoms with E-state index in [0.717, 1.165) is 35.6 Å². The average molecular weight is 331 g/mol. The molecule has 1 aliphatic carbocycles. The molecule has 0 heterocycles. The lowest BCUT2D eigenvalue weighted by molar-refractivity contribution is 0.161. The third-order valence-electron chi connectivity index (χ3n) is 4.74. The molecule has 0 aromatic heterocycles. The second-order valence-corrected chi connectivity index (χ2v) is 6.94. The molecule has 1 amide bonds. The van der Waals surface area contributed by atoms with Gasteiger partial charge in [0.25, 0.3) is 0 Å². The van der Waals surface area contributed by atoms with E-state index in [-0.39, 0.29) is 11.5 Å². The zero-order valence-corrected chi connectivity index (χ0v) is 13.6. The van der Waals surface area contributed by atoms with Gasteiger partial charge in [-0.15, -0.1) is 0 Å². The van der Waals surface area contributed by atoms with Crippen LogP contribution in [0.1, 0.15) is 37.4 Å². The molecule has 2 aromatic carbocycles. The van der Waals surface area contributed by atoms with Crippen molar-refractivity contribution in [2.45, 2.75) is 32.7 Å². The molecule has 0 radical (unpaired) electrons. The number of amides is 1. The molecule has 24 heavy (non-hydrogen) atoms. The number of rotatable bonds is 2. The first-order valence-electron chi connectivity index (χ1n) is 7.85. The van der Waals surface area contributed by atoms with E-state index in [2.05, 4.69) is 5.32 Å². The fourth-order valence-electron chi connectivity index (χ4n) is 3.42. The summed E-state index contributed by atoms with van der Waals surface area (Å²) in [4.78, 5) is 11.1. The van der Waals surface area contributed by atoms with Gasteiger partial charge in [-0.1, -0.05) is 32.0 Å². The lowest BCUT2D eigenvalue weighted by Gasteiger charge is -2.40. The van der Waals surface area contributed by atoms with Crippen molar-refractivity contribution in [3.63, 3.8) is 0 Å². The normalized spacial score (nSPS) is 18.8. The fourth-order valence-corrected chi connectivity index (χ4v) is 3.42. The van der Waals surface area contributed by atoms with Crippen molar-refractivity contribution in [2.24, 2.45) is 5.41 Å². The van der Waals surface area contributed by atoms with Crippen molar-refractivity contribution in [1.29, 1.82) is 0 Å². The number of nitrogens with one attached hydrogen (secondary N) is 1. The van der Waals surface area contributed by atoms with Crippen LogP contribution in [-0.2, 0) is 6.42 Å². The topological polar surface area (TPSA) is 49.3 Å². The van der Waals surface area contributed by atoms with Crippen LogP contribution in [0.4, 0.5) is 13.6 Å². The van der Waals surface area contributed by atoms with Gasteiger partial charge in [0, 0.05) is 6.07 Å². The monoisotopic (exact) mass is 331 g/mol. The molecule has 0 aliphatic heterocycles. The van der Waals surface area contributed by atoms with Gasteiger partial charge in [0.2, 0.25) is 0 Å².